The maximum Gasteiger partial charge on any atom is 0.306 e. The Balaban J connectivity index is 1.36. The van der Waals surface area contributed by atoms with Crippen LogP contribution in [0.15, 0.2) is 29.6 Å². The number of hydrogen-bond donors (Lipinski definition) is 0. The molecule has 0 saturated heterocycles. The molecular formula is C21H23ClN2O3S. The van der Waals surface area contributed by atoms with Crippen molar-refractivity contribution in [3.8, 4) is 0 Å². The molecule has 2 bridgehead atoms. The standard InChI is InChI=1S/C21H23ClN2O3S/c1-13(25)24(19-4-2-3-17(22)10-19)21-23-18(12-28-21)11-27-20(26)9-16-8-14-5-6-15(16)7-14/h2-4,10,12,14-16H,5-9,11H2,1H3/t14-,15+,16+/m0/s1. The van der Waals surface area contributed by atoms with E-state index in [-0.39, 0.29) is 18.5 Å². The van der Waals surface area contributed by atoms with E-state index in [1.807, 2.05) is 11.4 Å². The van der Waals surface area contributed by atoms with E-state index in [0.717, 1.165) is 5.92 Å². The predicted molar refractivity (Wildman–Crippen MR) is 110 cm³/mol. The van der Waals surface area contributed by atoms with Gasteiger partial charge in [0, 0.05) is 23.7 Å². The molecular weight excluding hydrogens is 396 g/mol. The van der Waals surface area contributed by atoms with Crippen molar-refractivity contribution in [1.29, 1.82) is 0 Å². The van der Waals surface area contributed by atoms with Gasteiger partial charge in [-0.2, -0.15) is 0 Å². The van der Waals surface area contributed by atoms with Crippen LogP contribution < -0.4 is 4.90 Å². The molecule has 2 aliphatic rings. The first-order valence-electron chi connectivity index (χ1n) is 9.66. The SMILES string of the molecule is CC(=O)N(c1cccc(Cl)c1)c1nc(COC(=O)C[C@H]2C[C@H]3CC[C@@H]2C3)cs1. The van der Waals surface area contributed by atoms with Crippen LogP contribution in [-0.4, -0.2) is 16.9 Å². The first kappa shape index (κ1) is 19.4. The van der Waals surface area contributed by atoms with Crippen molar-refractivity contribution in [2.75, 3.05) is 4.90 Å². The fourth-order valence-corrected chi connectivity index (χ4v) is 5.62. The molecule has 2 fully saturated rings. The lowest BCUT2D eigenvalue weighted by Gasteiger charge is -2.20. The first-order chi connectivity index (χ1) is 13.5. The maximum absolute atomic E-state index is 12.2. The number of ether oxygens (including phenoxy) is 1. The number of carbonyl (C=O) groups is 2. The number of halogens is 1. The summed E-state index contributed by atoms with van der Waals surface area (Å²) in [6, 6.07) is 7.08. The second-order valence-corrected chi connectivity index (χ2v) is 9.03. The summed E-state index contributed by atoms with van der Waals surface area (Å²) in [5.41, 5.74) is 1.31. The maximum atomic E-state index is 12.2. The molecule has 7 heteroatoms. The van der Waals surface area contributed by atoms with Crippen molar-refractivity contribution in [3.05, 3.63) is 40.4 Å². The number of aromatic nitrogens is 1. The van der Waals surface area contributed by atoms with Gasteiger partial charge in [-0.3, -0.25) is 14.5 Å². The molecule has 5 nitrogen and oxygen atoms in total. The van der Waals surface area contributed by atoms with Gasteiger partial charge in [0.05, 0.1) is 11.4 Å². The van der Waals surface area contributed by atoms with Crippen LogP contribution in [0, 0.1) is 17.8 Å². The molecule has 2 aliphatic carbocycles. The Bertz CT molecular complexity index is 884. The van der Waals surface area contributed by atoms with Gasteiger partial charge in [-0.05, 0) is 55.2 Å². The molecule has 2 aromatic rings. The summed E-state index contributed by atoms with van der Waals surface area (Å²) in [5.74, 6) is 1.73. The second kappa shape index (κ2) is 8.21. The number of carbonyl (C=O) groups excluding carboxylic acids is 2. The molecule has 0 radical (unpaired) electrons. The van der Waals surface area contributed by atoms with E-state index in [9.17, 15) is 9.59 Å². The summed E-state index contributed by atoms with van der Waals surface area (Å²) in [6.07, 6.45) is 5.57. The van der Waals surface area contributed by atoms with Crippen molar-refractivity contribution in [2.24, 2.45) is 17.8 Å². The molecule has 1 aromatic carbocycles. The van der Waals surface area contributed by atoms with E-state index in [2.05, 4.69) is 4.98 Å². The van der Waals surface area contributed by atoms with E-state index >= 15 is 0 Å². The Kier molecular flexibility index (Phi) is 5.69. The third-order valence-corrected chi connectivity index (χ3v) is 6.92. The number of esters is 1. The highest BCUT2D eigenvalue weighted by Crippen LogP contribution is 2.49. The fraction of sp³-hybridized carbons (Fsp3) is 0.476. The lowest BCUT2D eigenvalue weighted by Crippen LogP contribution is -2.22. The predicted octanol–water partition coefficient (Wildman–Crippen LogP) is 5.35. The van der Waals surface area contributed by atoms with Crippen molar-refractivity contribution in [2.45, 2.75) is 45.6 Å². The van der Waals surface area contributed by atoms with Gasteiger partial charge in [-0.25, -0.2) is 4.98 Å². The van der Waals surface area contributed by atoms with Gasteiger partial charge in [0.15, 0.2) is 5.13 Å². The first-order valence-corrected chi connectivity index (χ1v) is 10.9. The van der Waals surface area contributed by atoms with E-state index < -0.39 is 0 Å². The molecule has 0 N–H and O–H groups in total. The molecule has 1 aromatic heterocycles. The minimum Gasteiger partial charge on any atom is -0.459 e. The van der Waals surface area contributed by atoms with Gasteiger partial charge < -0.3 is 4.74 Å². The topological polar surface area (TPSA) is 59.5 Å². The van der Waals surface area contributed by atoms with Gasteiger partial charge in [-0.1, -0.05) is 24.1 Å². The number of rotatable bonds is 6. The number of fused-ring (bicyclic) bond motifs is 2. The summed E-state index contributed by atoms with van der Waals surface area (Å²) >= 11 is 7.39. The van der Waals surface area contributed by atoms with E-state index in [0.29, 0.717) is 39.8 Å². The van der Waals surface area contributed by atoms with Gasteiger partial charge in [0.25, 0.3) is 0 Å². The second-order valence-electron chi connectivity index (χ2n) is 7.76. The summed E-state index contributed by atoms with van der Waals surface area (Å²) in [5, 5.41) is 2.91. The molecule has 0 spiro atoms. The summed E-state index contributed by atoms with van der Waals surface area (Å²) in [7, 11) is 0. The van der Waals surface area contributed by atoms with Crippen LogP contribution in [0.25, 0.3) is 0 Å². The molecule has 28 heavy (non-hydrogen) atoms. The fourth-order valence-electron chi connectivity index (χ4n) is 4.56. The van der Waals surface area contributed by atoms with Gasteiger partial charge in [0.1, 0.15) is 6.61 Å². The highest BCUT2D eigenvalue weighted by molar-refractivity contribution is 7.14. The third-order valence-electron chi connectivity index (χ3n) is 5.81. The van der Waals surface area contributed by atoms with Crippen LogP contribution in [0.5, 0.6) is 0 Å². The molecule has 2 saturated carbocycles. The zero-order chi connectivity index (χ0) is 19.7. The summed E-state index contributed by atoms with van der Waals surface area (Å²) in [6.45, 7) is 1.62. The summed E-state index contributed by atoms with van der Waals surface area (Å²) < 4.78 is 5.46. The van der Waals surface area contributed by atoms with Crippen LogP contribution >= 0.6 is 22.9 Å². The average molecular weight is 419 g/mol. The largest absolute Gasteiger partial charge is 0.459 e. The smallest absolute Gasteiger partial charge is 0.306 e. The van der Waals surface area contributed by atoms with Gasteiger partial charge >= 0.3 is 5.97 Å². The third kappa shape index (κ3) is 4.23. The molecule has 3 atom stereocenters. The Labute approximate surface area is 173 Å². The quantitative estimate of drug-likeness (QED) is 0.593. The Morgan fingerprint density at radius 2 is 2.18 bits per heavy atom. The Morgan fingerprint density at radius 1 is 1.32 bits per heavy atom. The number of anilines is 2. The number of benzene rings is 1. The van der Waals surface area contributed by atoms with Crippen molar-refractivity contribution >= 4 is 45.6 Å². The number of amides is 1. The zero-order valence-electron chi connectivity index (χ0n) is 15.8. The summed E-state index contributed by atoms with van der Waals surface area (Å²) in [4.78, 5) is 30.4. The van der Waals surface area contributed by atoms with E-state index in [1.54, 1.807) is 18.2 Å². The van der Waals surface area contributed by atoms with Crippen molar-refractivity contribution in [1.82, 2.24) is 4.98 Å². The average Bonchev–Trinajstić information content (AvgIpc) is 3.37. The number of thiazole rings is 1. The Hall–Kier alpha value is -1.92. The molecule has 1 heterocycles. The minimum atomic E-state index is -0.156. The number of nitrogens with zero attached hydrogens (tertiary/aromatic N) is 2. The van der Waals surface area contributed by atoms with Crippen molar-refractivity contribution < 1.29 is 14.3 Å². The zero-order valence-corrected chi connectivity index (χ0v) is 17.3. The minimum absolute atomic E-state index is 0.136. The lowest BCUT2D eigenvalue weighted by atomic mass is 9.86. The number of hydrogen-bond acceptors (Lipinski definition) is 5. The highest BCUT2D eigenvalue weighted by atomic mass is 35.5. The van der Waals surface area contributed by atoms with Crippen LogP contribution in [0.4, 0.5) is 10.8 Å². The molecule has 1 amide bonds. The van der Waals surface area contributed by atoms with Gasteiger partial charge in [-0.15, -0.1) is 11.3 Å². The highest BCUT2D eigenvalue weighted by Gasteiger charge is 2.40. The van der Waals surface area contributed by atoms with Crippen molar-refractivity contribution in [3.63, 3.8) is 0 Å². The van der Waals surface area contributed by atoms with Gasteiger partial charge in [0.2, 0.25) is 5.91 Å². The lowest BCUT2D eigenvalue weighted by molar-refractivity contribution is -0.146. The monoisotopic (exact) mass is 418 g/mol. The van der Waals surface area contributed by atoms with Crippen LogP contribution in [-0.2, 0) is 20.9 Å². The normalized spacial score (nSPS) is 23.0. The van der Waals surface area contributed by atoms with Crippen LogP contribution in [0.2, 0.25) is 5.02 Å². The van der Waals surface area contributed by atoms with E-state index in [1.165, 1.54) is 48.8 Å². The molecule has 148 valence electrons. The molecule has 4 rings (SSSR count). The van der Waals surface area contributed by atoms with Crippen LogP contribution in [0.3, 0.4) is 0 Å². The van der Waals surface area contributed by atoms with Crippen LogP contribution in [0.1, 0.15) is 44.7 Å². The van der Waals surface area contributed by atoms with E-state index in [4.69, 9.17) is 16.3 Å². The molecule has 0 aliphatic heterocycles. The molecule has 0 unspecified atom stereocenters. The Morgan fingerprint density at radius 3 is 2.86 bits per heavy atom.